The van der Waals surface area contributed by atoms with Gasteiger partial charge in [0, 0.05) is 34.4 Å². The molecule has 1 unspecified atom stereocenters. The normalized spacial score (nSPS) is 12.2. The summed E-state index contributed by atoms with van der Waals surface area (Å²) in [6, 6.07) is 3.37. The summed E-state index contributed by atoms with van der Waals surface area (Å²) >= 11 is 3.30. The first-order chi connectivity index (χ1) is 7.45. The summed E-state index contributed by atoms with van der Waals surface area (Å²) in [5.74, 6) is 0. The molecule has 0 saturated carbocycles. The van der Waals surface area contributed by atoms with Crippen molar-refractivity contribution in [3.8, 4) is 0 Å². The Morgan fingerprint density at radius 2 is 2.25 bits per heavy atom. The molecule has 1 aromatic rings. The Morgan fingerprint density at radius 3 is 2.75 bits per heavy atom. The molecule has 88 valence electrons. The van der Waals surface area contributed by atoms with Gasteiger partial charge in [0.2, 0.25) is 0 Å². The largest absolute Gasteiger partial charge is 0.380 e. The van der Waals surface area contributed by atoms with Crippen LogP contribution in [0.15, 0.2) is 16.6 Å². The van der Waals surface area contributed by atoms with Crippen molar-refractivity contribution in [3.63, 3.8) is 0 Å². The highest BCUT2D eigenvalue weighted by Gasteiger charge is 2.14. The molecule has 0 radical (unpaired) electrons. The van der Waals surface area contributed by atoms with E-state index in [1.54, 1.807) is 13.0 Å². The van der Waals surface area contributed by atoms with Crippen molar-refractivity contribution in [2.45, 2.75) is 19.9 Å². The van der Waals surface area contributed by atoms with Crippen molar-refractivity contribution in [1.82, 2.24) is 0 Å². The van der Waals surface area contributed by atoms with E-state index in [0.29, 0.717) is 16.6 Å². The number of anilines is 1. The molecule has 0 fully saturated rings. The van der Waals surface area contributed by atoms with E-state index < -0.39 is 4.92 Å². The van der Waals surface area contributed by atoms with Crippen molar-refractivity contribution in [3.05, 3.63) is 32.3 Å². The number of nitro benzene ring substituents is 1. The van der Waals surface area contributed by atoms with Crippen LogP contribution in [0.3, 0.4) is 0 Å². The van der Waals surface area contributed by atoms with E-state index in [1.807, 2.05) is 6.92 Å². The third-order valence-corrected chi connectivity index (χ3v) is 2.89. The fraction of sp³-hybridized carbons (Fsp3) is 0.400. The van der Waals surface area contributed by atoms with Crippen LogP contribution in [0, 0.1) is 17.0 Å². The lowest BCUT2D eigenvalue weighted by Gasteiger charge is -2.15. The second kappa shape index (κ2) is 5.27. The molecular formula is C10H14BrN3O2. The van der Waals surface area contributed by atoms with Gasteiger partial charge in [-0.05, 0) is 35.8 Å². The van der Waals surface area contributed by atoms with E-state index in [1.165, 1.54) is 6.07 Å². The highest BCUT2D eigenvalue weighted by Crippen LogP contribution is 2.30. The monoisotopic (exact) mass is 287 g/mol. The number of nitrogens with zero attached hydrogens (tertiary/aromatic N) is 1. The fourth-order valence-corrected chi connectivity index (χ4v) is 1.75. The lowest BCUT2D eigenvalue weighted by atomic mass is 10.1. The van der Waals surface area contributed by atoms with Gasteiger partial charge in [0.1, 0.15) is 0 Å². The zero-order chi connectivity index (χ0) is 12.3. The predicted octanol–water partition coefficient (Wildman–Crippen LogP) is 2.42. The molecule has 0 amide bonds. The Balaban J connectivity index is 3.05. The van der Waals surface area contributed by atoms with Gasteiger partial charge in [-0.1, -0.05) is 0 Å². The minimum absolute atomic E-state index is 0.109. The highest BCUT2D eigenvalue weighted by molar-refractivity contribution is 9.10. The lowest BCUT2D eigenvalue weighted by molar-refractivity contribution is -0.385. The quantitative estimate of drug-likeness (QED) is 0.658. The summed E-state index contributed by atoms with van der Waals surface area (Å²) in [5, 5.41) is 13.9. The number of nitrogens with two attached hydrogens (primary N) is 1. The van der Waals surface area contributed by atoms with Crippen LogP contribution in [0.25, 0.3) is 0 Å². The molecule has 16 heavy (non-hydrogen) atoms. The van der Waals surface area contributed by atoms with Gasteiger partial charge in [-0.2, -0.15) is 0 Å². The van der Waals surface area contributed by atoms with Crippen molar-refractivity contribution >= 4 is 27.3 Å². The van der Waals surface area contributed by atoms with Crippen molar-refractivity contribution in [1.29, 1.82) is 0 Å². The number of aryl methyl sites for hydroxylation is 1. The van der Waals surface area contributed by atoms with Crippen LogP contribution in [0.4, 0.5) is 11.4 Å². The van der Waals surface area contributed by atoms with E-state index in [2.05, 4.69) is 21.2 Å². The Hall–Kier alpha value is -1.14. The molecule has 0 spiro atoms. The molecule has 1 aromatic carbocycles. The van der Waals surface area contributed by atoms with Gasteiger partial charge in [0.05, 0.1) is 4.92 Å². The van der Waals surface area contributed by atoms with Gasteiger partial charge in [-0.25, -0.2) is 0 Å². The van der Waals surface area contributed by atoms with Crippen LogP contribution in [-0.4, -0.2) is 17.5 Å². The maximum Gasteiger partial charge on any atom is 0.273 e. The maximum absolute atomic E-state index is 10.7. The number of nitro groups is 1. The number of hydrogen-bond acceptors (Lipinski definition) is 4. The summed E-state index contributed by atoms with van der Waals surface area (Å²) in [6.45, 7) is 4.16. The summed E-state index contributed by atoms with van der Waals surface area (Å²) in [7, 11) is 0. The average molecular weight is 288 g/mol. The Labute approximate surface area is 102 Å². The summed E-state index contributed by atoms with van der Waals surface area (Å²) in [5.41, 5.74) is 7.05. The topological polar surface area (TPSA) is 81.2 Å². The number of benzene rings is 1. The Bertz CT molecular complexity index is 409. The average Bonchev–Trinajstić information content (AvgIpc) is 2.22. The van der Waals surface area contributed by atoms with E-state index in [9.17, 15) is 10.1 Å². The smallest absolute Gasteiger partial charge is 0.273 e. The SMILES string of the molecule is Cc1cc(NC(C)CN)c(Br)cc1[N+](=O)[O-]. The molecule has 5 nitrogen and oxygen atoms in total. The summed E-state index contributed by atoms with van der Waals surface area (Å²) < 4.78 is 0.671. The lowest BCUT2D eigenvalue weighted by Crippen LogP contribution is -2.25. The first-order valence-corrected chi connectivity index (χ1v) is 5.66. The fourth-order valence-electron chi connectivity index (χ4n) is 1.30. The molecule has 0 bridgehead atoms. The van der Waals surface area contributed by atoms with E-state index in [-0.39, 0.29) is 11.7 Å². The number of hydrogen-bond donors (Lipinski definition) is 2. The van der Waals surface area contributed by atoms with Gasteiger partial charge in [0.15, 0.2) is 0 Å². The summed E-state index contributed by atoms with van der Waals surface area (Å²) in [4.78, 5) is 10.3. The van der Waals surface area contributed by atoms with Crippen LogP contribution >= 0.6 is 15.9 Å². The number of rotatable bonds is 4. The molecule has 1 atom stereocenters. The van der Waals surface area contributed by atoms with Crippen molar-refractivity contribution in [2.24, 2.45) is 5.73 Å². The number of nitrogens with one attached hydrogen (secondary N) is 1. The zero-order valence-corrected chi connectivity index (χ0v) is 10.7. The molecule has 0 aliphatic carbocycles. The molecule has 0 saturated heterocycles. The standard InChI is InChI=1S/C10H14BrN3O2/c1-6-3-9(13-7(2)5-12)8(11)4-10(6)14(15)16/h3-4,7,13H,5,12H2,1-2H3. The predicted molar refractivity (Wildman–Crippen MR) is 67.7 cm³/mol. The molecule has 0 aliphatic heterocycles. The first-order valence-electron chi connectivity index (χ1n) is 4.86. The third-order valence-electron chi connectivity index (χ3n) is 2.24. The Kier molecular flexibility index (Phi) is 4.26. The van der Waals surface area contributed by atoms with Gasteiger partial charge < -0.3 is 11.1 Å². The highest BCUT2D eigenvalue weighted by atomic mass is 79.9. The Morgan fingerprint density at radius 1 is 1.62 bits per heavy atom. The summed E-state index contributed by atoms with van der Waals surface area (Å²) in [6.07, 6.45) is 0. The van der Waals surface area contributed by atoms with Gasteiger partial charge in [-0.15, -0.1) is 0 Å². The van der Waals surface area contributed by atoms with Crippen molar-refractivity contribution in [2.75, 3.05) is 11.9 Å². The molecule has 1 rings (SSSR count). The number of halogens is 1. The van der Waals surface area contributed by atoms with Crippen LogP contribution in [-0.2, 0) is 0 Å². The van der Waals surface area contributed by atoms with E-state index in [4.69, 9.17) is 5.73 Å². The maximum atomic E-state index is 10.7. The van der Waals surface area contributed by atoms with Crippen LogP contribution in [0.2, 0.25) is 0 Å². The van der Waals surface area contributed by atoms with E-state index in [0.717, 1.165) is 5.69 Å². The van der Waals surface area contributed by atoms with E-state index >= 15 is 0 Å². The van der Waals surface area contributed by atoms with Gasteiger partial charge in [0.25, 0.3) is 5.69 Å². The zero-order valence-electron chi connectivity index (χ0n) is 9.16. The third kappa shape index (κ3) is 2.93. The van der Waals surface area contributed by atoms with Crippen LogP contribution in [0.1, 0.15) is 12.5 Å². The molecular weight excluding hydrogens is 274 g/mol. The van der Waals surface area contributed by atoms with Crippen LogP contribution < -0.4 is 11.1 Å². The van der Waals surface area contributed by atoms with Crippen molar-refractivity contribution < 1.29 is 4.92 Å². The van der Waals surface area contributed by atoms with Gasteiger partial charge in [-0.3, -0.25) is 10.1 Å². The molecule has 6 heteroatoms. The minimum atomic E-state index is -0.393. The molecule has 0 aromatic heterocycles. The molecule has 0 heterocycles. The van der Waals surface area contributed by atoms with Crippen LogP contribution in [0.5, 0.6) is 0 Å². The second-order valence-electron chi connectivity index (χ2n) is 3.66. The first kappa shape index (κ1) is 12.9. The van der Waals surface area contributed by atoms with Gasteiger partial charge >= 0.3 is 0 Å². The second-order valence-corrected chi connectivity index (χ2v) is 4.51. The molecule has 3 N–H and O–H groups in total. The molecule has 0 aliphatic rings. The minimum Gasteiger partial charge on any atom is -0.380 e.